The Morgan fingerprint density at radius 3 is 1.88 bits per heavy atom. The number of hydrogen-bond acceptors (Lipinski definition) is 29. The first-order chi connectivity index (χ1) is 44.6. The molecule has 520 valence electrons. The summed E-state index contributed by atoms with van der Waals surface area (Å²) in [5, 5.41) is 87.2. The molecule has 1 aliphatic heterocycles. The fourth-order valence-electron chi connectivity index (χ4n) is 6.98. The Kier molecular flexibility index (Phi) is 46.9. The van der Waals surface area contributed by atoms with E-state index >= 15 is 0 Å². The molecule has 0 aliphatic carbocycles. The van der Waals surface area contributed by atoms with Gasteiger partial charge in [-0.1, -0.05) is 12.1 Å². The number of aromatic hydroxyl groups is 1. The molecule has 0 saturated carbocycles. The number of thioether (sulfide) groups is 4. The molecule has 2 rings (SSSR count). The summed E-state index contributed by atoms with van der Waals surface area (Å²) in [4.78, 5) is 190. The van der Waals surface area contributed by atoms with E-state index in [0.717, 1.165) is 54.1 Å². The van der Waals surface area contributed by atoms with Gasteiger partial charge in [-0.2, -0.15) is 11.8 Å². The van der Waals surface area contributed by atoms with Gasteiger partial charge in [-0.3, -0.25) is 77.3 Å². The van der Waals surface area contributed by atoms with Crippen molar-refractivity contribution < 1.29 is 146 Å². The van der Waals surface area contributed by atoms with Crippen LogP contribution in [0.1, 0.15) is 33.7 Å². The van der Waals surface area contributed by atoms with E-state index in [2.05, 4.69) is 78.8 Å². The van der Waals surface area contributed by atoms with Gasteiger partial charge in [-0.25, -0.2) is 0 Å². The van der Waals surface area contributed by atoms with Gasteiger partial charge in [0.1, 0.15) is 42.0 Å². The summed E-state index contributed by atoms with van der Waals surface area (Å²) in [6.07, 6.45) is -0.722. The molecule has 1 aromatic carbocycles. The molecule has 37 nitrogen and oxygen atoms in total. The molecular formula is C51H73N17NaO20S5Tc. The van der Waals surface area contributed by atoms with Crippen molar-refractivity contribution >= 4 is 160 Å². The third-order valence-corrected chi connectivity index (χ3v) is 15.9. The number of carboxylic acid groups (broad SMARTS) is 1. The van der Waals surface area contributed by atoms with Crippen LogP contribution in [-0.2, 0) is 109 Å². The fraction of sp³-hybridized carbons (Fsp3) is 0.549. The minimum atomic E-state index is -1.92. The van der Waals surface area contributed by atoms with Crippen LogP contribution in [0.3, 0.4) is 0 Å². The number of primary amides is 1. The van der Waals surface area contributed by atoms with Crippen molar-refractivity contribution in [3.8, 4) is 5.75 Å². The van der Waals surface area contributed by atoms with Crippen LogP contribution in [0.5, 0.6) is 5.75 Å². The van der Waals surface area contributed by atoms with Crippen molar-refractivity contribution in [2.24, 2.45) is 26.4 Å². The first kappa shape index (κ1) is 88.2. The van der Waals surface area contributed by atoms with E-state index < -0.39 is 200 Å². The van der Waals surface area contributed by atoms with Crippen LogP contribution in [0.25, 0.3) is 0 Å². The van der Waals surface area contributed by atoms with Crippen molar-refractivity contribution in [3.05, 3.63) is 29.8 Å². The Balaban J connectivity index is 0. The minimum absolute atomic E-state index is 0. The van der Waals surface area contributed by atoms with E-state index in [1.54, 1.807) is 0 Å². The van der Waals surface area contributed by atoms with Crippen molar-refractivity contribution in [3.63, 3.8) is 0 Å². The summed E-state index contributed by atoms with van der Waals surface area (Å²) in [6, 6.07) is -4.81. The van der Waals surface area contributed by atoms with Gasteiger partial charge in [0.25, 0.3) is 0 Å². The average Bonchev–Trinajstić information content (AvgIpc) is 1.17. The molecule has 17 N–H and O–H groups in total. The van der Waals surface area contributed by atoms with Gasteiger partial charge in [0.2, 0.25) is 76.8 Å². The molecule has 13 amide bonds. The first-order valence-electron chi connectivity index (χ1n) is 27.6. The monoisotopic (exact) mass is 1530 g/mol. The van der Waals surface area contributed by atoms with Crippen molar-refractivity contribution in [1.82, 2.24) is 63.8 Å². The number of hydrogen-bond donors (Lipinski definition) is 15. The zero-order valence-electron chi connectivity index (χ0n) is 52.4. The summed E-state index contributed by atoms with van der Waals surface area (Å²) in [7, 11) is 0. The van der Waals surface area contributed by atoms with Gasteiger partial charge in [-0.05, 0) is 54.1 Å². The molecule has 0 bridgehead atoms. The molecule has 0 radical (unpaired) electrons. The number of nitrogens with two attached hydrogens (primary N) is 2. The number of nitrogens with one attached hydrogen (secondary N) is 12. The third-order valence-electron chi connectivity index (χ3n) is 11.6. The Labute approximate surface area is 600 Å². The Bertz CT molecular complexity index is 2890. The Hall–Kier alpha value is -6.83. The number of aliphatic imine (C=N–C) groups is 3. The normalized spacial score (nSPS) is 17.6. The maximum absolute atomic E-state index is 13.8. The number of amides is 13. The summed E-state index contributed by atoms with van der Waals surface area (Å²) in [5.74, 6) is -18.1. The van der Waals surface area contributed by atoms with Crippen molar-refractivity contribution in [2.75, 3.05) is 97.8 Å². The molecular weight excluding hydrogens is 1450 g/mol. The summed E-state index contributed by atoms with van der Waals surface area (Å²) < 4.78 is 8.22. The quantitative estimate of drug-likeness (QED) is 0.00749. The van der Waals surface area contributed by atoms with Crippen LogP contribution >= 0.6 is 47.0 Å². The number of rotatable bonds is 35. The molecule has 44 heteroatoms. The van der Waals surface area contributed by atoms with E-state index in [0.29, 0.717) is 24.3 Å². The van der Waals surface area contributed by atoms with Crippen LogP contribution in [0.15, 0.2) is 39.2 Å². The van der Waals surface area contributed by atoms with Gasteiger partial charge >= 0.3 is 53.3 Å². The number of aliphatic carboxylic acids is 1. The van der Waals surface area contributed by atoms with E-state index in [4.69, 9.17) is 27.6 Å². The van der Waals surface area contributed by atoms with Gasteiger partial charge in [0, 0.05) is 55.7 Å². The average molecular weight is 1530 g/mol. The van der Waals surface area contributed by atoms with Crippen LogP contribution in [-0.4, -0.2) is 246 Å². The Morgan fingerprint density at radius 2 is 1.29 bits per heavy atom. The van der Waals surface area contributed by atoms with Gasteiger partial charge in [-0.15, -0.1) is 41.0 Å². The number of phenols is 1. The molecule has 0 aromatic heterocycles. The number of phenolic OH excluding ortho intramolecular Hbond substituents is 1. The van der Waals surface area contributed by atoms with E-state index in [1.165, 1.54) is 49.9 Å². The van der Waals surface area contributed by atoms with E-state index in [-0.39, 0.29) is 77.9 Å². The predicted octanol–water partition coefficient (Wildman–Crippen LogP) is -15.4. The predicted molar refractivity (Wildman–Crippen MR) is 335 cm³/mol. The number of benzene rings is 1. The second-order valence-electron chi connectivity index (χ2n) is 19.2. The molecule has 7 atom stereocenters. The zero-order valence-corrected chi connectivity index (χ0v) is 59.3. The molecule has 1 saturated heterocycles. The summed E-state index contributed by atoms with van der Waals surface area (Å²) >= 11 is 9.49. The summed E-state index contributed by atoms with van der Waals surface area (Å²) in [6.45, 7) is -2.35. The van der Waals surface area contributed by atoms with Crippen molar-refractivity contribution in [2.45, 2.75) is 75.4 Å². The zero-order chi connectivity index (χ0) is 70.7. The van der Waals surface area contributed by atoms with Gasteiger partial charge < -0.3 is 118 Å². The molecule has 1 aliphatic rings. The van der Waals surface area contributed by atoms with Crippen LogP contribution in [0.4, 0.5) is 0 Å². The standard InChI is InChI=1S/C51H77N17O19S5.Na.O.Tc/c1-26(69)60-24-91-21-33(46(82)56-12-37(72)54-14-39(74)64-32(18-88)45(53)81)66-42(77)17-58-47(83)34(22-92-25-61-27(2)70)65-40(75)15-55-38(73)13-57-49(85)36-20-90-23-43(78)63-30(10-28-4-6-29(71)7-5-28)50(86)67-35(19-89-9-3-8-52)48(84)59-16-41(76)62-31(11-44(79)80)51(87)68-36;;;/h4-7,30-36,71,88H,3,8-25,52H2,1-2H3,(H2,53,81)(H,54,72)(H,55,73)(H,56,82)(H,57,85)(H,58,83)(H,59,84)(H,60,69)(H,61,70)(H,62,76)(H,63,78)(H,64,74)(H,65,75)(H,66,77)(H,67,86)(H,68,87)(H,79,80);;;/q;+1;;+3/p-4/i;;;1+1. The van der Waals surface area contributed by atoms with E-state index in [9.17, 15) is 92.7 Å². The van der Waals surface area contributed by atoms with Gasteiger partial charge in [0.15, 0.2) is 0 Å². The number of carbonyl (C=O) groups is 14. The fourth-order valence-corrected chi connectivity index (χ4v) is 10.9. The molecule has 0 spiro atoms. The molecule has 1 heterocycles. The third kappa shape index (κ3) is 40.4. The summed E-state index contributed by atoms with van der Waals surface area (Å²) in [5.41, 5.74) is 11.2. The molecule has 95 heavy (non-hydrogen) atoms. The Morgan fingerprint density at radius 1 is 0.726 bits per heavy atom. The van der Waals surface area contributed by atoms with Crippen molar-refractivity contribution in [1.29, 1.82) is 0 Å². The molecule has 1 fully saturated rings. The second-order valence-corrected chi connectivity index (χ2v) is 23.8. The topological polar surface area (TPSA) is 602 Å². The second kappa shape index (κ2) is 50.5. The molecule has 7 unspecified atom stereocenters. The van der Waals surface area contributed by atoms with E-state index in [1.807, 2.05) is 0 Å². The number of carboxylic acids is 1. The van der Waals surface area contributed by atoms with Crippen LogP contribution in [0.2, 0.25) is 0 Å². The molecule has 1 aromatic rings. The SMILES string of the molecule is CC(=O)NCSCC(NC(=O)CNC(=O)CNC(=O)C1CSCC(=O)NC(Cc2ccc(O)cc2)C(=O)NC(CSCCCN)C(=O)NCC(=O)NC(CC(=O)[O-])C(=O)N1)C(=O)NCC(=O)NC(CSCNC(C)=O)C([O-])=NCC([O-])=NCC([O-])=NC(C[S-])C(N)=O.[H+].[Na+].[O]=[99Tc+3]. The van der Waals surface area contributed by atoms with Gasteiger partial charge in [0.05, 0.1) is 62.8 Å². The first-order valence-corrected chi connectivity index (χ1v) is 33.6. The van der Waals surface area contributed by atoms with Crippen LogP contribution in [0, 0.1) is 0 Å². The maximum atomic E-state index is 13.8. The number of carbonyl (C=O) groups excluding carboxylic acids is 14. The van der Waals surface area contributed by atoms with Crippen LogP contribution < -0.4 is 125 Å². The number of nitrogens with zero attached hydrogens (tertiary/aromatic N) is 3.